The van der Waals surface area contributed by atoms with Gasteiger partial charge in [0.1, 0.15) is 36.8 Å². The molecule has 0 spiro atoms. The van der Waals surface area contributed by atoms with Gasteiger partial charge in [0.25, 0.3) is 10.1 Å². The number of esters is 2. The maximum absolute atomic E-state index is 12.8. The molecule has 2 unspecified atom stereocenters. The van der Waals surface area contributed by atoms with Gasteiger partial charge in [-0.1, -0.05) is 145 Å². The van der Waals surface area contributed by atoms with Gasteiger partial charge in [0.2, 0.25) is 0 Å². The van der Waals surface area contributed by atoms with E-state index in [1.165, 1.54) is 57.8 Å². The van der Waals surface area contributed by atoms with E-state index in [0.29, 0.717) is 19.3 Å². The van der Waals surface area contributed by atoms with Crippen LogP contribution in [-0.4, -0.2) is 96.0 Å². The van der Waals surface area contributed by atoms with Crippen LogP contribution < -0.4 is 0 Å². The Hall–Kier alpha value is -2.65. The Kier molecular flexibility index (Phi) is 34.1. The fraction of sp³-hybridized carbons (Fsp3) is 0.745. The molecule has 4 N–H and O–H groups in total. The van der Waals surface area contributed by atoms with Crippen molar-refractivity contribution in [1.29, 1.82) is 0 Å². The van der Waals surface area contributed by atoms with E-state index in [1.807, 2.05) is 6.08 Å². The summed E-state index contributed by atoms with van der Waals surface area (Å²) < 4.78 is 54.0. The van der Waals surface area contributed by atoms with Crippen molar-refractivity contribution in [2.75, 3.05) is 19.0 Å². The van der Waals surface area contributed by atoms with E-state index in [-0.39, 0.29) is 19.4 Å². The van der Waals surface area contributed by atoms with E-state index < -0.39 is 71.2 Å². The van der Waals surface area contributed by atoms with Crippen molar-refractivity contribution >= 4 is 22.1 Å². The quantitative estimate of drug-likeness (QED) is 0.0201. The predicted octanol–water partition coefficient (Wildman–Crippen LogP) is 9.34. The van der Waals surface area contributed by atoms with Crippen LogP contribution in [0.1, 0.15) is 168 Å². The first-order valence-electron chi connectivity index (χ1n) is 22.8. The molecule has 0 bridgehead atoms. The normalized spacial score (nSPS) is 20.7. The van der Waals surface area contributed by atoms with E-state index in [9.17, 15) is 37.9 Å². The molecule has 60 heavy (non-hydrogen) atoms. The third kappa shape index (κ3) is 31.2. The number of carbonyl (C=O) groups is 2. The van der Waals surface area contributed by atoms with Crippen LogP contribution in [0.25, 0.3) is 0 Å². The average molecular weight is 869 g/mol. The lowest BCUT2D eigenvalue weighted by Crippen LogP contribution is -2.60. The molecule has 346 valence electrons. The predicted molar refractivity (Wildman–Crippen MR) is 238 cm³/mol. The van der Waals surface area contributed by atoms with Crippen LogP contribution in [0.4, 0.5) is 0 Å². The molecule has 0 saturated carbocycles. The van der Waals surface area contributed by atoms with Gasteiger partial charge in [0.05, 0.1) is 6.61 Å². The standard InChI is InChI=1S/C47H80O12S/c1-3-5-7-9-11-13-15-17-19-20-22-23-25-27-29-31-33-35-42(48)56-37-40(38-57-47-46(52)45(51)44(50)41(59-47)39-60(53,54)55)58-43(49)36-34-32-30-28-26-24-21-18-16-14-12-10-8-6-4-2/h6,8,12,14,18,21-23,27,29,40-41,44-47,50-52H,3-5,7,9-11,13,15-17,19-20,24-26,28,30-39H2,1-2H3,(H,53,54,55)/b8-6+,14-12+,21-18+,23-22+,29-27+/t40-,41-,44-,45?,46?,47+/m1/s1. The fourth-order valence-electron chi connectivity index (χ4n) is 6.55. The zero-order chi connectivity index (χ0) is 44.1. The average Bonchev–Trinajstić information content (AvgIpc) is 3.21. The number of carbonyl (C=O) groups excluding carboxylic acids is 2. The number of hydrogen-bond donors (Lipinski definition) is 4. The first-order chi connectivity index (χ1) is 29.0. The third-order valence-electron chi connectivity index (χ3n) is 10.1. The van der Waals surface area contributed by atoms with Crippen molar-refractivity contribution < 1.29 is 56.8 Å². The Morgan fingerprint density at radius 3 is 1.62 bits per heavy atom. The van der Waals surface area contributed by atoms with Gasteiger partial charge in [-0.2, -0.15) is 8.42 Å². The van der Waals surface area contributed by atoms with Gasteiger partial charge in [-0.05, 0) is 70.6 Å². The largest absolute Gasteiger partial charge is 0.462 e. The molecule has 0 aromatic heterocycles. The minimum absolute atomic E-state index is 0.134. The Labute approximate surface area is 362 Å². The molecule has 0 aliphatic carbocycles. The van der Waals surface area contributed by atoms with Crippen LogP contribution >= 0.6 is 0 Å². The molecule has 1 aliphatic rings. The van der Waals surface area contributed by atoms with Crippen molar-refractivity contribution in [2.24, 2.45) is 0 Å². The van der Waals surface area contributed by atoms with Crippen LogP contribution in [0.2, 0.25) is 0 Å². The molecule has 1 rings (SSSR count). The second-order valence-electron chi connectivity index (χ2n) is 15.7. The summed E-state index contributed by atoms with van der Waals surface area (Å²) in [5.41, 5.74) is 0. The van der Waals surface area contributed by atoms with Crippen molar-refractivity contribution in [2.45, 2.75) is 205 Å². The number of unbranched alkanes of at least 4 members (excludes halogenated alkanes) is 15. The number of aliphatic hydroxyl groups is 3. The van der Waals surface area contributed by atoms with Crippen LogP contribution in [0.3, 0.4) is 0 Å². The van der Waals surface area contributed by atoms with E-state index in [4.69, 9.17) is 18.9 Å². The minimum Gasteiger partial charge on any atom is -0.462 e. The summed E-state index contributed by atoms with van der Waals surface area (Å²) in [5.74, 6) is -2.07. The van der Waals surface area contributed by atoms with Crippen LogP contribution in [0, 0.1) is 0 Å². The van der Waals surface area contributed by atoms with Crippen molar-refractivity contribution in [3.8, 4) is 0 Å². The van der Waals surface area contributed by atoms with Crippen LogP contribution in [-0.2, 0) is 38.7 Å². The SMILES string of the molecule is CC/C=C/C/C=C/C/C=C/CCCCCCCC(=O)O[C@H](COC(=O)CCC/C=C/C/C=C/CCCCCCCCCCC)CO[C@H]1O[C@H](CS(=O)(=O)O)[C@@H](O)C(O)C1O. The number of hydrogen-bond acceptors (Lipinski definition) is 11. The summed E-state index contributed by atoms with van der Waals surface area (Å²) in [4.78, 5) is 25.4. The minimum atomic E-state index is -4.61. The molecule has 6 atom stereocenters. The molecule has 1 aliphatic heterocycles. The first kappa shape index (κ1) is 55.4. The second kappa shape index (κ2) is 37.0. The summed E-state index contributed by atoms with van der Waals surface area (Å²) in [5, 5.41) is 30.9. The lowest BCUT2D eigenvalue weighted by molar-refractivity contribution is -0.297. The van der Waals surface area contributed by atoms with Gasteiger partial charge in [-0.25, -0.2) is 0 Å². The summed E-state index contributed by atoms with van der Waals surface area (Å²) in [7, 11) is -4.61. The lowest BCUT2D eigenvalue weighted by Gasteiger charge is -2.40. The number of rotatable bonds is 37. The van der Waals surface area contributed by atoms with Crippen molar-refractivity contribution in [3.05, 3.63) is 60.8 Å². The highest BCUT2D eigenvalue weighted by atomic mass is 32.2. The molecular weight excluding hydrogens is 789 g/mol. The monoisotopic (exact) mass is 869 g/mol. The topological polar surface area (TPSA) is 186 Å². The molecule has 0 aromatic rings. The maximum Gasteiger partial charge on any atom is 0.306 e. The Morgan fingerprint density at radius 1 is 0.583 bits per heavy atom. The highest BCUT2D eigenvalue weighted by molar-refractivity contribution is 7.85. The van der Waals surface area contributed by atoms with Gasteiger partial charge in [0, 0.05) is 12.8 Å². The van der Waals surface area contributed by atoms with Gasteiger partial charge < -0.3 is 34.3 Å². The zero-order valence-electron chi connectivity index (χ0n) is 36.8. The van der Waals surface area contributed by atoms with Gasteiger partial charge in [-0.3, -0.25) is 14.1 Å². The Morgan fingerprint density at radius 2 is 1.07 bits per heavy atom. The molecule has 13 heteroatoms. The number of ether oxygens (including phenoxy) is 4. The van der Waals surface area contributed by atoms with E-state index in [2.05, 4.69) is 68.5 Å². The van der Waals surface area contributed by atoms with E-state index in [0.717, 1.165) is 64.2 Å². The van der Waals surface area contributed by atoms with E-state index >= 15 is 0 Å². The smallest absolute Gasteiger partial charge is 0.306 e. The molecule has 12 nitrogen and oxygen atoms in total. The summed E-state index contributed by atoms with van der Waals surface area (Å²) in [6.07, 6.45) is 35.6. The highest BCUT2D eigenvalue weighted by Gasteiger charge is 2.46. The second-order valence-corrected chi connectivity index (χ2v) is 17.2. The van der Waals surface area contributed by atoms with Crippen molar-refractivity contribution in [3.63, 3.8) is 0 Å². The molecule has 0 amide bonds. The lowest BCUT2D eigenvalue weighted by atomic mass is 10.00. The molecule has 1 heterocycles. The molecule has 1 saturated heterocycles. The van der Waals surface area contributed by atoms with Gasteiger partial charge in [0.15, 0.2) is 12.4 Å². The van der Waals surface area contributed by atoms with Gasteiger partial charge >= 0.3 is 11.9 Å². The van der Waals surface area contributed by atoms with Crippen molar-refractivity contribution in [1.82, 2.24) is 0 Å². The Balaban J connectivity index is 2.49. The molecule has 1 fully saturated rings. The molecule has 0 aromatic carbocycles. The summed E-state index contributed by atoms with van der Waals surface area (Å²) in [6, 6.07) is 0. The summed E-state index contributed by atoms with van der Waals surface area (Å²) >= 11 is 0. The Bertz CT molecular complexity index is 1340. The zero-order valence-corrected chi connectivity index (χ0v) is 37.6. The van der Waals surface area contributed by atoms with Crippen LogP contribution in [0.5, 0.6) is 0 Å². The molecular formula is C47H80O12S. The van der Waals surface area contributed by atoms with E-state index in [1.54, 1.807) is 0 Å². The first-order valence-corrected chi connectivity index (χ1v) is 24.5. The summed E-state index contributed by atoms with van der Waals surface area (Å²) in [6.45, 7) is 3.59. The third-order valence-corrected chi connectivity index (χ3v) is 10.8. The number of allylic oxidation sites excluding steroid dienone is 10. The molecule has 0 radical (unpaired) electrons. The maximum atomic E-state index is 12.8. The number of aliphatic hydroxyl groups excluding tert-OH is 3. The fourth-order valence-corrected chi connectivity index (χ4v) is 7.24. The van der Waals surface area contributed by atoms with Gasteiger partial charge in [-0.15, -0.1) is 0 Å². The highest BCUT2D eigenvalue weighted by Crippen LogP contribution is 2.24. The van der Waals surface area contributed by atoms with Crippen LogP contribution in [0.15, 0.2) is 60.8 Å².